The van der Waals surface area contributed by atoms with Crippen molar-refractivity contribution in [3.63, 3.8) is 0 Å². The van der Waals surface area contributed by atoms with Gasteiger partial charge in [0.2, 0.25) is 0 Å². The lowest BCUT2D eigenvalue weighted by atomic mass is 9.92. The summed E-state index contributed by atoms with van der Waals surface area (Å²) in [6.45, 7) is 3.86. The molecule has 0 fully saturated rings. The molecule has 0 saturated carbocycles. The SMILES string of the molecule is COc1ccc([C@@H](OC(=O)Nc2ccc(C)cc2)[C@@H](C)CC/C=C/C(=O)O)cc1O. The molecule has 0 unspecified atom stereocenters. The predicted octanol–water partition coefficient (Wildman–Crippen LogP) is 5.06. The molecule has 0 spiro atoms. The first-order valence-electron chi connectivity index (χ1n) is 9.60. The summed E-state index contributed by atoms with van der Waals surface area (Å²) in [6, 6.07) is 12.2. The molecule has 0 saturated heterocycles. The number of aliphatic carboxylic acids is 1. The third kappa shape index (κ3) is 6.84. The number of carbonyl (C=O) groups excluding carboxylic acids is 1. The summed E-state index contributed by atoms with van der Waals surface area (Å²) in [4.78, 5) is 23.1. The van der Waals surface area contributed by atoms with Gasteiger partial charge in [0.1, 0.15) is 6.10 Å². The van der Waals surface area contributed by atoms with Crippen LogP contribution in [-0.2, 0) is 9.53 Å². The third-order valence-corrected chi connectivity index (χ3v) is 4.63. The van der Waals surface area contributed by atoms with Gasteiger partial charge < -0.3 is 19.7 Å². The van der Waals surface area contributed by atoms with Crippen molar-refractivity contribution in [3.8, 4) is 11.5 Å². The van der Waals surface area contributed by atoms with Crippen LogP contribution in [0.2, 0.25) is 0 Å². The van der Waals surface area contributed by atoms with E-state index in [0.29, 0.717) is 29.8 Å². The minimum absolute atomic E-state index is 0.0551. The van der Waals surface area contributed by atoms with Gasteiger partial charge in [-0.15, -0.1) is 0 Å². The summed E-state index contributed by atoms with van der Waals surface area (Å²) in [5, 5.41) is 21.6. The van der Waals surface area contributed by atoms with Crippen LogP contribution < -0.4 is 10.1 Å². The number of amides is 1. The van der Waals surface area contributed by atoms with Gasteiger partial charge in [0.15, 0.2) is 11.5 Å². The number of phenolic OH excluding ortho intramolecular Hbond substituents is 1. The molecule has 7 nitrogen and oxygen atoms in total. The molecular weight excluding hydrogens is 386 g/mol. The molecule has 160 valence electrons. The molecule has 0 aliphatic rings. The highest BCUT2D eigenvalue weighted by Gasteiger charge is 2.24. The van der Waals surface area contributed by atoms with Crippen molar-refractivity contribution >= 4 is 17.7 Å². The van der Waals surface area contributed by atoms with Gasteiger partial charge >= 0.3 is 12.1 Å². The average Bonchev–Trinajstić information content (AvgIpc) is 2.70. The minimum atomic E-state index is -1.01. The molecule has 2 aromatic carbocycles. The van der Waals surface area contributed by atoms with Crippen LogP contribution in [0.3, 0.4) is 0 Å². The Bertz CT molecular complexity index is 891. The van der Waals surface area contributed by atoms with Gasteiger partial charge in [0.25, 0.3) is 0 Å². The molecule has 0 aromatic heterocycles. The highest BCUT2D eigenvalue weighted by molar-refractivity contribution is 5.84. The Labute approximate surface area is 176 Å². The number of nitrogens with one attached hydrogen (secondary N) is 1. The number of carboxylic acid groups (broad SMARTS) is 1. The molecule has 7 heteroatoms. The van der Waals surface area contributed by atoms with Crippen LogP contribution in [0.4, 0.5) is 10.5 Å². The molecule has 0 bridgehead atoms. The number of rotatable bonds is 9. The maximum absolute atomic E-state index is 12.5. The zero-order chi connectivity index (χ0) is 22.1. The summed E-state index contributed by atoms with van der Waals surface area (Å²) in [5.74, 6) is -0.882. The van der Waals surface area contributed by atoms with E-state index in [4.69, 9.17) is 14.6 Å². The van der Waals surface area contributed by atoms with Crippen molar-refractivity contribution in [1.29, 1.82) is 0 Å². The van der Waals surface area contributed by atoms with E-state index in [1.54, 1.807) is 30.3 Å². The van der Waals surface area contributed by atoms with Gasteiger partial charge in [0, 0.05) is 11.8 Å². The lowest BCUT2D eigenvalue weighted by molar-refractivity contribution is -0.131. The standard InChI is InChI=1S/C23H27NO6/c1-15-8-11-18(12-9-15)24-23(28)30-22(16(2)6-4-5-7-21(26)27)17-10-13-20(29-3)19(25)14-17/h5,7-14,16,22,25H,4,6H2,1-3H3,(H,24,28)(H,26,27)/b7-5+/t16-,22-/m0/s1. The molecule has 0 aliphatic heterocycles. The predicted molar refractivity (Wildman–Crippen MR) is 114 cm³/mol. The summed E-state index contributed by atoms with van der Waals surface area (Å²) in [5.41, 5.74) is 2.30. The van der Waals surface area contributed by atoms with Crippen molar-refractivity contribution in [2.45, 2.75) is 32.8 Å². The molecule has 0 aliphatic carbocycles. The Morgan fingerprint density at radius 1 is 1.17 bits per heavy atom. The second kappa shape index (κ2) is 10.9. The molecule has 2 rings (SSSR count). The van der Waals surface area contributed by atoms with Gasteiger partial charge in [-0.25, -0.2) is 9.59 Å². The normalized spacial score (nSPS) is 12.9. The van der Waals surface area contributed by atoms with Gasteiger partial charge in [-0.3, -0.25) is 5.32 Å². The molecule has 30 heavy (non-hydrogen) atoms. The molecule has 1 amide bonds. The van der Waals surface area contributed by atoms with E-state index in [1.807, 2.05) is 26.0 Å². The highest BCUT2D eigenvalue weighted by Crippen LogP contribution is 2.35. The van der Waals surface area contributed by atoms with Crippen molar-refractivity contribution in [2.24, 2.45) is 5.92 Å². The van der Waals surface area contributed by atoms with Crippen LogP contribution >= 0.6 is 0 Å². The van der Waals surface area contributed by atoms with Crippen molar-refractivity contribution in [2.75, 3.05) is 12.4 Å². The molecule has 3 N–H and O–H groups in total. The minimum Gasteiger partial charge on any atom is -0.504 e. The molecule has 0 radical (unpaired) electrons. The van der Waals surface area contributed by atoms with E-state index in [1.165, 1.54) is 13.2 Å². The van der Waals surface area contributed by atoms with Crippen LogP contribution in [0, 0.1) is 12.8 Å². The number of ether oxygens (including phenoxy) is 2. The summed E-state index contributed by atoms with van der Waals surface area (Å²) in [7, 11) is 1.45. The zero-order valence-electron chi connectivity index (χ0n) is 17.3. The second-order valence-electron chi connectivity index (χ2n) is 7.04. The molecule has 0 heterocycles. The fourth-order valence-electron chi connectivity index (χ4n) is 2.99. The van der Waals surface area contributed by atoms with E-state index in [-0.39, 0.29) is 11.7 Å². The Kier molecular flexibility index (Phi) is 8.29. The third-order valence-electron chi connectivity index (χ3n) is 4.63. The number of hydrogen-bond acceptors (Lipinski definition) is 5. The van der Waals surface area contributed by atoms with Gasteiger partial charge in [-0.1, -0.05) is 36.8 Å². The zero-order valence-corrected chi connectivity index (χ0v) is 17.3. The Morgan fingerprint density at radius 2 is 1.87 bits per heavy atom. The van der Waals surface area contributed by atoms with Gasteiger partial charge in [-0.2, -0.15) is 0 Å². The first-order chi connectivity index (χ1) is 14.3. The first-order valence-corrected chi connectivity index (χ1v) is 9.60. The number of benzene rings is 2. The van der Waals surface area contributed by atoms with Gasteiger partial charge in [-0.05, 0) is 55.5 Å². The van der Waals surface area contributed by atoms with Crippen molar-refractivity contribution in [3.05, 3.63) is 65.7 Å². The maximum atomic E-state index is 12.5. The molecule has 2 atom stereocenters. The van der Waals surface area contributed by atoms with Crippen molar-refractivity contribution < 1.29 is 29.3 Å². The smallest absolute Gasteiger partial charge is 0.412 e. The summed E-state index contributed by atoms with van der Waals surface area (Å²) < 4.78 is 10.8. The topological polar surface area (TPSA) is 105 Å². The lowest BCUT2D eigenvalue weighted by Crippen LogP contribution is -2.22. The number of aryl methyl sites for hydroxylation is 1. The second-order valence-corrected chi connectivity index (χ2v) is 7.04. The first kappa shape index (κ1) is 22.8. The van der Waals surface area contributed by atoms with Crippen LogP contribution in [-0.4, -0.2) is 29.4 Å². The Balaban J connectivity index is 2.16. The van der Waals surface area contributed by atoms with Gasteiger partial charge in [0.05, 0.1) is 7.11 Å². The monoisotopic (exact) mass is 413 g/mol. The number of carboxylic acids is 1. The van der Waals surface area contributed by atoms with Crippen LogP contribution in [0.1, 0.15) is 37.0 Å². The van der Waals surface area contributed by atoms with E-state index in [0.717, 1.165) is 11.6 Å². The fourth-order valence-corrected chi connectivity index (χ4v) is 2.99. The highest BCUT2D eigenvalue weighted by atomic mass is 16.6. The Morgan fingerprint density at radius 3 is 2.47 bits per heavy atom. The van der Waals surface area contributed by atoms with Crippen LogP contribution in [0.25, 0.3) is 0 Å². The maximum Gasteiger partial charge on any atom is 0.412 e. The fraction of sp³-hybridized carbons (Fsp3) is 0.304. The quantitative estimate of drug-likeness (QED) is 0.497. The van der Waals surface area contributed by atoms with E-state index >= 15 is 0 Å². The number of phenols is 1. The van der Waals surface area contributed by atoms with E-state index in [2.05, 4.69) is 5.32 Å². The average molecular weight is 413 g/mol. The number of aromatic hydroxyl groups is 1. The van der Waals surface area contributed by atoms with Crippen molar-refractivity contribution in [1.82, 2.24) is 0 Å². The number of hydrogen-bond donors (Lipinski definition) is 3. The number of anilines is 1. The largest absolute Gasteiger partial charge is 0.504 e. The molecule has 2 aromatic rings. The van der Waals surface area contributed by atoms with E-state index in [9.17, 15) is 14.7 Å². The lowest BCUT2D eigenvalue weighted by Gasteiger charge is -2.25. The summed E-state index contributed by atoms with van der Waals surface area (Å²) in [6.07, 6.45) is 2.48. The number of allylic oxidation sites excluding steroid dienone is 1. The van der Waals surface area contributed by atoms with E-state index < -0.39 is 18.2 Å². The number of carbonyl (C=O) groups is 2. The molecular formula is C23H27NO6. The number of methoxy groups -OCH3 is 1. The van der Waals surface area contributed by atoms with Crippen LogP contribution in [0.15, 0.2) is 54.6 Å². The van der Waals surface area contributed by atoms with Crippen LogP contribution in [0.5, 0.6) is 11.5 Å². The Hall–Kier alpha value is -3.48. The summed E-state index contributed by atoms with van der Waals surface area (Å²) >= 11 is 0.